The number of hydrogen-bond donors (Lipinski definition) is 1. The maximum absolute atomic E-state index is 12.5. The van der Waals surface area contributed by atoms with Gasteiger partial charge in [-0.25, -0.2) is 9.97 Å². The number of pyridine rings is 1. The predicted molar refractivity (Wildman–Crippen MR) is 84.7 cm³/mol. The number of carbonyl (C=O) groups is 1. The van der Waals surface area contributed by atoms with Gasteiger partial charge in [-0.15, -0.1) is 11.3 Å². The first kappa shape index (κ1) is 14.0. The summed E-state index contributed by atoms with van der Waals surface area (Å²) in [6, 6.07) is 7.32. The third-order valence-electron chi connectivity index (χ3n) is 3.16. The molecule has 0 aliphatic heterocycles. The van der Waals surface area contributed by atoms with Crippen molar-refractivity contribution in [2.45, 2.75) is 13.0 Å². The van der Waals surface area contributed by atoms with Gasteiger partial charge in [0, 0.05) is 23.2 Å². The van der Waals surface area contributed by atoms with Crippen LogP contribution in [0.15, 0.2) is 42.0 Å². The molecular weight excluding hydrogens is 306 g/mol. The van der Waals surface area contributed by atoms with Gasteiger partial charge in [-0.2, -0.15) is 0 Å². The lowest BCUT2D eigenvalue weighted by atomic mass is 10.1. The summed E-state index contributed by atoms with van der Waals surface area (Å²) in [4.78, 5) is 20.8. The Morgan fingerprint density at radius 1 is 1.29 bits per heavy atom. The van der Waals surface area contributed by atoms with Gasteiger partial charge < -0.3 is 5.32 Å². The van der Waals surface area contributed by atoms with Crippen molar-refractivity contribution in [1.29, 1.82) is 0 Å². The van der Waals surface area contributed by atoms with Crippen molar-refractivity contribution in [3.05, 3.63) is 57.8 Å². The minimum atomic E-state index is -0.182. The van der Waals surface area contributed by atoms with Gasteiger partial charge >= 0.3 is 0 Å². The first-order valence-corrected chi connectivity index (χ1v) is 7.66. The van der Waals surface area contributed by atoms with Crippen molar-refractivity contribution < 1.29 is 4.79 Å². The average molecular weight is 318 g/mol. The molecule has 3 aromatic rings. The zero-order valence-corrected chi connectivity index (χ0v) is 12.8. The molecule has 1 aromatic carbocycles. The van der Waals surface area contributed by atoms with Crippen molar-refractivity contribution in [3.63, 3.8) is 0 Å². The van der Waals surface area contributed by atoms with Crippen molar-refractivity contribution in [1.82, 2.24) is 15.3 Å². The van der Waals surface area contributed by atoms with Crippen LogP contribution in [-0.2, 0) is 0 Å². The number of nitrogens with one attached hydrogen (secondary N) is 1. The van der Waals surface area contributed by atoms with E-state index in [1.807, 2.05) is 36.6 Å². The minimum absolute atomic E-state index is 0.146. The van der Waals surface area contributed by atoms with Gasteiger partial charge in [-0.3, -0.25) is 4.79 Å². The van der Waals surface area contributed by atoms with Crippen LogP contribution in [0.5, 0.6) is 0 Å². The smallest absolute Gasteiger partial charge is 0.254 e. The standard InChI is InChI=1S/C15H12ClN3OS/c1-9(15-17-6-7-21-15)19-14(20)12-8-18-13(16)11-5-3-2-4-10(11)12/h2-9H,1H3,(H,19,20). The third kappa shape index (κ3) is 2.75. The summed E-state index contributed by atoms with van der Waals surface area (Å²) in [6.45, 7) is 1.91. The largest absolute Gasteiger partial charge is 0.343 e. The molecule has 0 aliphatic carbocycles. The Hall–Kier alpha value is -1.98. The molecular formula is C15H12ClN3OS. The van der Waals surface area contributed by atoms with Crippen LogP contribution in [0.1, 0.15) is 28.3 Å². The fraction of sp³-hybridized carbons (Fsp3) is 0.133. The van der Waals surface area contributed by atoms with Crippen molar-refractivity contribution in [2.75, 3.05) is 0 Å². The molecule has 4 nitrogen and oxygen atoms in total. The number of fused-ring (bicyclic) bond motifs is 1. The molecule has 6 heteroatoms. The van der Waals surface area contributed by atoms with Gasteiger partial charge in [-0.1, -0.05) is 35.9 Å². The van der Waals surface area contributed by atoms with Crippen LogP contribution in [0.2, 0.25) is 5.15 Å². The van der Waals surface area contributed by atoms with E-state index in [1.165, 1.54) is 17.5 Å². The molecule has 3 rings (SSSR count). The molecule has 2 aromatic heterocycles. The molecule has 0 fully saturated rings. The molecule has 2 heterocycles. The maximum atomic E-state index is 12.5. The summed E-state index contributed by atoms with van der Waals surface area (Å²) in [7, 11) is 0. The first-order chi connectivity index (χ1) is 10.2. The van der Waals surface area contributed by atoms with Crippen molar-refractivity contribution in [2.24, 2.45) is 0 Å². The number of nitrogens with zero attached hydrogens (tertiary/aromatic N) is 2. The van der Waals surface area contributed by atoms with E-state index < -0.39 is 0 Å². The van der Waals surface area contributed by atoms with Crippen LogP contribution in [0.25, 0.3) is 10.8 Å². The Labute approximate surface area is 130 Å². The van der Waals surface area contributed by atoms with E-state index in [0.717, 1.165) is 15.8 Å². The zero-order chi connectivity index (χ0) is 14.8. The number of halogens is 1. The van der Waals surface area contributed by atoms with E-state index in [4.69, 9.17) is 11.6 Å². The summed E-state index contributed by atoms with van der Waals surface area (Å²) in [5.41, 5.74) is 0.512. The topological polar surface area (TPSA) is 54.9 Å². The number of hydrogen-bond acceptors (Lipinski definition) is 4. The Balaban J connectivity index is 1.93. The Morgan fingerprint density at radius 3 is 2.76 bits per heavy atom. The number of aromatic nitrogens is 2. The highest BCUT2D eigenvalue weighted by molar-refractivity contribution is 7.09. The third-order valence-corrected chi connectivity index (χ3v) is 4.42. The van der Waals surface area contributed by atoms with Gasteiger partial charge in [0.05, 0.1) is 11.6 Å². The van der Waals surface area contributed by atoms with Gasteiger partial charge in [0.25, 0.3) is 5.91 Å². The summed E-state index contributed by atoms with van der Waals surface area (Å²) in [6.07, 6.45) is 3.23. The van der Waals surface area contributed by atoms with E-state index in [2.05, 4.69) is 15.3 Å². The summed E-state index contributed by atoms with van der Waals surface area (Å²) in [5, 5.41) is 7.66. The number of carbonyl (C=O) groups excluding carboxylic acids is 1. The van der Waals surface area contributed by atoms with E-state index in [-0.39, 0.29) is 11.9 Å². The van der Waals surface area contributed by atoms with Gasteiger partial charge in [0.1, 0.15) is 10.2 Å². The van der Waals surface area contributed by atoms with Crippen LogP contribution < -0.4 is 5.32 Å². The lowest BCUT2D eigenvalue weighted by molar-refractivity contribution is 0.0941. The molecule has 1 atom stereocenters. The van der Waals surface area contributed by atoms with Crippen LogP contribution in [0.4, 0.5) is 0 Å². The molecule has 0 saturated heterocycles. The molecule has 0 spiro atoms. The normalized spacial score (nSPS) is 12.3. The summed E-state index contributed by atoms with van der Waals surface area (Å²) >= 11 is 7.58. The Morgan fingerprint density at radius 2 is 2.05 bits per heavy atom. The monoisotopic (exact) mass is 317 g/mol. The average Bonchev–Trinajstić information content (AvgIpc) is 3.02. The highest BCUT2D eigenvalue weighted by atomic mass is 35.5. The summed E-state index contributed by atoms with van der Waals surface area (Å²) in [5.74, 6) is -0.182. The van der Waals surface area contributed by atoms with Crippen LogP contribution >= 0.6 is 22.9 Å². The number of rotatable bonds is 3. The highest BCUT2D eigenvalue weighted by Crippen LogP contribution is 2.25. The fourth-order valence-electron chi connectivity index (χ4n) is 2.12. The van der Waals surface area contributed by atoms with Gasteiger partial charge in [0.2, 0.25) is 0 Å². The SMILES string of the molecule is CC(NC(=O)c1cnc(Cl)c2ccccc12)c1nccs1. The highest BCUT2D eigenvalue weighted by Gasteiger charge is 2.16. The summed E-state index contributed by atoms with van der Waals surface area (Å²) < 4.78 is 0. The zero-order valence-electron chi connectivity index (χ0n) is 11.2. The predicted octanol–water partition coefficient (Wildman–Crippen LogP) is 3.84. The second-order valence-electron chi connectivity index (χ2n) is 4.57. The minimum Gasteiger partial charge on any atom is -0.343 e. The number of thiazole rings is 1. The Bertz CT molecular complexity index is 789. The molecule has 106 valence electrons. The molecule has 1 N–H and O–H groups in total. The molecule has 21 heavy (non-hydrogen) atoms. The first-order valence-electron chi connectivity index (χ1n) is 6.40. The fourth-order valence-corrected chi connectivity index (χ4v) is 2.98. The van der Waals surface area contributed by atoms with E-state index in [0.29, 0.717) is 10.7 Å². The lowest BCUT2D eigenvalue weighted by Gasteiger charge is -2.12. The van der Waals surface area contributed by atoms with Crippen LogP contribution in [0, 0.1) is 0 Å². The van der Waals surface area contributed by atoms with Gasteiger partial charge in [0.15, 0.2) is 0 Å². The molecule has 1 unspecified atom stereocenters. The maximum Gasteiger partial charge on any atom is 0.254 e. The van der Waals surface area contributed by atoms with E-state index in [9.17, 15) is 4.79 Å². The quantitative estimate of drug-likeness (QED) is 0.747. The molecule has 1 amide bonds. The molecule has 0 saturated carbocycles. The Kier molecular flexibility index (Phi) is 3.86. The van der Waals surface area contributed by atoms with Gasteiger partial charge in [-0.05, 0) is 12.3 Å². The second-order valence-corrected chi connectivity index (χ2v) is 5.86. The number of amides is 1. The molecule has 0 aliphatic rings. The number of benzene rings is 1. The second kappa shape index (κ2) is 5.79. The van der Waals surface area contributed by atoms with Crippen LogP contribution in [0.3, 0.4) is 0 Å². The lowest BCUT2D eigenvalue weighted by Crippen LogP contribution is -2.26. The van der Waals surface area contributed by atoms with Crippen molar-refractivity contribution in [3.8, 4) is 0 Å². The van der Waals surface area contributed by atoms with Crippen molar-refractivity contribution >= 4 is 39.6 Å². The van der Waals surface area contributed by atoms with E-state index >= 15 is 0 Å². The van der Waals surface area contributed by atoms with E-state index in [1.54, 1.807) is 6.20 Å². The molecule has 0 bridgehead atoms. The van der Waals surface area contributed by atoms with Crippen LogP contribution in [-0.4, -0.2) is 15.9 Å². The molecule has 0 radical (unpaired) electrons.